The Morgan fingerprint density at radius 2 is 1.59 bits per heavy atom. The van der Waals surface area contributed by atoms with E-state index in [4.69, 9.17) is 9.84 Å². The van der Waals surface area contributed by atoms with Gasteiger partial charge in [-0.15, -0.1) is 0 Å². The number of ether oxygens (including phenoxy) is 1. The highest BCUT2D eigenvalue weighted by atomic mass is 16.6. The van der Waals surface area contributed by atoms with E-state index in [2.05, 4.69) is 6.08 Å². The van der Waals surface area contributed by atoms with Crippen LogP contribution >= 0.6 is 0 Å². The van der Waals surface area contributed by atoms with Gasteiger partial charge in [-0.3, -0.25) is 14.4 Å². The van der Waals surface area contributed by atoms with Gasteiger partial charge >= 0.3 is 0 Å². The number of aliphatic hydroxyl groups is 2. The van der Waals surface area contributed by atoms with Crippen molar-refractivity contribution in [2.24, 2.45) is 22.2 Å². The van der Waals surface area contributed by atoms with Crippen LogP contribution in [0.25, 0.3) is 0 Å². The summed E-state index contributed by atoms with van der Waals surface area (Å²) in [4.78, 5) is 43.5. The van der Waals surface area contributed by atoms with Gasteiger partial charge in [0.05, 0.1) is 5.41 Å². The van der Waals surface area contributed by atoms with Crippen molar-refractivity contribution < 1.29 is 29.3 Å². The number of hydrogen-bond donors (Lipinski definition) is 2. The summed E-state index contributed by atoms with van der Waals surface area (Å²) in [6.45, 7) is 11.7. The van der Waals surface area contributed by atoms with Crippen LogP contribution in [0.5, 0.6) is 0 Å². The number of rotatable bonds is 6. The lowest BCUT2D eigenvalue weighted by atomic mass is 9.39. The van der Waals surface area contributed by atoms with E-state index in [1.165, 1.54) is 0 Å². The summed E-state index contributed by atoms with van der Waals surface area (Å²) in [5, 5.41) is 17.6. The quantitative estimate of drug-likeness (QED) is 0.305. The highest BCUT2D eigenvalue weighted by Crippen LogP contribution is 2.68. The van der Waals surface area contributed by atoms with E-state index in [-0.39, 0.29) is 24.5 Å². The lowest BCUT2D eigenvalue weighted by molar-refractivity contribution is -0.162. The van der Waals surface area contributed by atoms with Crippen molar-refractivity contribution in [1.29, 1.82) is 0 Å². The SMILES string of the molecule is CC(C)=CCC1=C2O[C@@H](O)C[C@]23C[C@H](CC=C(C)C)C(C)(C)[C@](C(=O)c2ccccc2)(C1=O)C3=O.CO. The monoisotopic (exact) mass is 508 g/mol. The van der Waals surface area contributed by atoms with Crippen molar-refractivity contribution >= 4 is 17.3 Å². The number of allylic oxidation sites excluding steroid dienone is 6. The topological polar surface area (TPSA) is 101 Å². The van der Waals surface area contributed by atoms with Gasteiger partial charge in [0.1, 0.15) is 5.76 Å². The van der Waals surface area contributed by atoms with Gasteiger partial charge in [-0.05, 0) is 58.3 Å². The number of benzene rings is 1. The molecule has 0 unspecified atom stereocenters. The first kappa shape index (κ1) is 28.7. The molecule has 0 radical (unpaired) electrons. The minimum absolute atomic E-state index is 0.0674. The molecule has 37 heavy (non-hydrogen) atoms. The first-order valence-electron chi connectivity index (χ1n) is 12.9. The number of aliphatic hydroxyl groups excluding tert-OH is 2. The lowest BCUT2D eigenvalue weighted by Crippen LogP contribution is -2.69. The summed E-state index contributed by atoms with van der Waals surface area (Å²) in [5.41, 5.74) is -1.15. The summed E-state index contributed by atoms with van der Waals surface area (Å²) in [7, 11) is 1.00. The normalized spacial score (nSPS) is 29.4. The second-order valence-electron chi connectivity index (χ2n) is 11.4. The molecule has 3 aliphatic rings. The van der Waals surface area contributed by atoms with E-state index in [0.29, 0.717) is 24.0 Å². The van der Waals surface area contributed by atoms with Crippen molar-refractivity contribution in [2.75, 3.05) is 7.11 Å². The largest absolute Gasteiger partial charge is 0.468 e. The highest BCUT2D eigenvalue weighted by Gasteiger charge is 2.76. The number of Topliss-reactive ketones (excluding diaryl/α,β-unsaturated/α-hetero) is 3. The molecule has 1 aliphatic heterocycles. The fourth-order valence-corrected chi connectivity index (χ4v) is 6.42. The molecule has 4 atom stereocenters. The van der Waals surface area contributed by atoms with Crippen molar-refractivity contribution in [2.45, 2.75) is 73.5 Å². The average molecular weight is 509 g/mol. The maximum absolute atomic E-state index is 14.6. The summed E-state index contributed by atoms with van der Waals surface area (Å²) >= 11 is 0. The van der Waals surface area contributed by atoms with Gasteiger partial charge in [-0.2, -0.15) is 0 Å². The van der Waals surface area contributed by atoms with E-state index < -0.39 is 39.9 Å². The smallest absolute Gasteiger partial charge is 0.198 e. The Labute approximate surface area is 220 Å². The van der Waals surface area contributed by atoms with Crippen LogP contribution in [0.15, 0.2) is 65.0 Å². The molecular weight excluding hydrogens is 468 g/mol. The second kappa shape index (κ2) is 10.5. The third-order valence-corrected chi connectivity index (χ3v) is 8.36. The van der Waals surface area contributed by atoms with E-state index in [1.807, 2.05) is 53.7 Å². The Bertz CT molecular complexity index is 1160. The molecule has 1 saturated heterocycles. The zero-order chi connectivity index (χ0) is 27.8. The first-order valence-corrected chi connectivity index (χ1v) is 12.9. The molecule has 2 fully saturated rings. The number of carbonyl (C=O) groups excluding carboxylic acids is 3. The van der Waals surface area contributed by atoms with Crippen molar-refractivity contribution in [3.05, 3.63) is 70.5 Å². The number of carbonyl (C=O) groups is 3. The summed E-state index contributed by atoms with van der Waals surface area (Å²) < 4.78 is 5.84. The molecular formula is C31H40O6. The zero-order valence-electron chi connectivity index (χ0n) is 23.1. The molecule has 0 aromatic heterocycles. The fraction of sp³-hybridized carbons (Fsp3) is 0.516. The molecule has 4 rings (SSSR count). The van der Waals surface area contributed by atoms with E-state index >= 15 is 0 Å². The van der Waals surface area contributed by atoms with Crippen LogP contribution in [0.4, 0.5) is 0 Å². The summed E-state index contributed by atoms with van der Waals surface area (Å²) in [6, 6.07) is 8.66. The van der Waals surface area contributed by atoms with Gasteiger partial charge in [0.15, 0.2) is 29.1 Å². The maximum Gasteiger partial charge on any atom is 0.198 e. The highest BCUT2D eigenvalue weighted by molar-refractivity contribution is 6.36. The molecule has 1 saturated carbocycles. The predicted octanol–water partition coefficient (Wildman–Crippen LogP) is 5.35. The van der Waals surface area contributed by atoms with Crippen molar-refractivity contribution in [3.63, 3.8) is 0 Å². The Kier molecular flexibility index (Phi) is 8.16. The van der Waals surface area contributed by atoms with Gasteiger partial charge in [0.25, 0.3) is 0 Å². The van der Waals surface area contributed by atoms with Gasteiger partial charge in [0, 0.05) is 24.7 Å². The molecule has 2 aliphatic carbocycles. The number of fused-ring (bicyclic) bond motifs is 1. The van der Waals surface area contributed by atoms with Crippen LogP contribution < -0.4 is 0 Å². The van der Waals surface area contributed by atoms with Crippen LogP contribution in [-0.4, -0.2) is 41.0 Å². The lowest BCUT2D eigenvalue weighted by Gasteiger charge is -2.58. The van der Waals surface area contributed by atoms with Gasteiger partial charge < -0.3 is 14.9 Å². The first-order chi connectivity index (χ1) is 17.4. The van der Waals surface area contributed by atoms with E-state index in [1.54, 1.807) is 24.3 Å². The molecule has 1 aromatic rings. The number of ketones is 3. The third-order valence-electron chi connectivity index (χ3n) is 8.36. The molecule has 2 bridgehead atoms. The summed E-state index contributed by atoms with van der Waals surface area (Å²) in [6.07, 6.45) is 4.24. The maximum atomic E-state index is 14.6. The van der Waals surface area contributed by atoms with Gasteiger partial charge in [-0.1, -0.05) is 67.5 Å². The van der Waals surface area contributed by atoms with Gasteiger partial charge in [0.2, 0.25) is 0 Å². The molecule has 1 spiro atoms. The van der Waals surface area contributed by atoms with Crippen molar-refractivity contribution in [3.8, 4) is 0 Å². The Morgan fingerprint density at radius 1 is 1.00 bits per heavy atom. The minimum atomic E-state index is -1.88. The Hall–Kier alpha value is -2.83. The molecule has 6 nitrogen and oxygen atoms in total. The molecule has 1 heterocycles. The third kappa shape index (κ3) is 4.34. The summed E-state index contributed by atoms with van der Waals surface area (Å²) in [5.74, 6) is -1.18. The molecule has 1 aromatic carbocycles. The molecule has 200 valence electrons. The second-order valence-corrected chi connectivity index (χ2v) is 11.4. The van der Waals surface area contributed by atoms with Crippen LogP contribution in [0.1, 0.15) is 77.6 Å². The van der Waals surface area contributed by atoms with Crippen molar-refractivity contribution in [1.82, 2.24) is 0 Å². The molecule has 2 N–H and O–H groups in total. The zero-order valence-corrected chi connectivity index (χ0v) is 23.1. The average Bonchev–Trinajstić information content (AvgIpc) is 3.19. The van der Waals surface area contributed by atoms with E-state index in [9.17, 15) is 19.5 Å². The Balaban J connectivity index is 0.00000186. The Morgan fingerprint density at radius 3 is 2.16 bits per heavy atom. The van der Waals surface area contributed by atoms with Crippen LogP contribution in [0, 0.1) is 22.2 Å². The minimum Gasteiger partial charge on any atom is -0.468 e. The van der Waals surface area contributed by atoms with E-state index in [0.717, 1.165) is 18.3 Å². The van der Waals surface area contributed by atoms with Crippen LogP contribution in [0.2, 0.25) is 0 Å². The van der Waals surface area contributed by atoms with Gasteiger partial charge in [-0.25, -0.2) is 0 Å². The van der Waals surface area contributed by atoms with Crippen LogP contribution in [-0.2, 0) is 14.3 Å². The number of hydrogen-bond acceptors (Lipinski definition) is 6. The predicted molar refractivity (Wildman–Crippen MR) is 143 cm³/mol. The van der Waals surface area contributed by atoms with Crippen LogP contribution in [0.3, 0.4) is 0 Å². The fourth-order valence-electron chi connectivity index (χ4n) is 6.42. The molecule has 0 amide bonds. The standard InChI is InChI=1S/C30H36O5.CH4O/c1-18(2)12-14-21-16-29-17-23(31)35-26(29)22(15-13-19(3)4)25(33)30(27(29)34,28(21,5)6)24(32)20-10-8-7-9-11-20;1-2/h7-13,21,23,31H,14-17H2,1-6H3;2H,1H3/t21-,23+,29+,30+;/m0./s1. The molecule has 6 heteroatoms.